The zero-order chi connectivity index (χ0) is 15.8. The Morgan fingerprint density at radius 2 is 1.95 bits per heavy atom. The van der Waals surface area contributed by atoms with E-state index in [2.05, 4.69) is 0 Å². The van der Waals surface area contributed by atoms with E-state index in [1.807, 2.05) is 13.8 Å². The number of ether oxygens (including phenoxy) is 1. The van der Waals surface area contributed by atoms with Gasteiger partial charge in [-0.2, -0.15) is 0 Å². The summed E-state index contributed by atoms with van der Waals surface area (Å²) in [6.45, 7) is 8.56. The number of amides is 1. The second-order valence-corrected chi connectivity index (χ2v) is 7.29. The molecule has 0 saturated carbocycles. The predicted molar refractivity (Wildman–Crippen MR) is 73.7 cm³/mol. The minimum atomic E-state index is -3.09. The number of alkyl halides is 2. The maximum Gasteiger partial charge on any atom is 0.410 e. The van der Waals surface area contributed by atoms with Crippen LogP contribution >= 0.6 is 0 Å². The maximum absolute atomic E-state index is 14.0. The highest BCUT2D eigenvalue weighted by Crippen LogP contribution is 2.38. The number of carbonyl (C=O) groups is 1. The molecule has 1 fully saturated rings. The van der Waals surface area contributed by atoms with Gasteiger partial charge >= 0.3 is 6.09 Å². The van der Waals surface area contributed by atoms with Crippen LogP contribution in [0, 0.1) is 5.41 Å². The van der Waals surface area contributed by atoms with Gasteiger partial charge in [0, 0.05) is 6.54 Å². The number of piperidine rings is 1. The zero-order valence-corrected chi connectivity index (χ0v) is 13.0. The summed E-state index contributed by atoms with van der Waals surface area (Å²) < 4.78 is 33.2. The van der Waals surface area contributed by atoms with Crippen LogP contribution in [0.25, 0.3) is 0 Å². The second kappa shape index (κ2) is 5.47. The largest absolute Gasteiger partial charge is 0.444 e. The van der Waals surface area contributed by atoms with Crippen molar-refractivity contribution in [1.29, 1.82) is 0 Å². The summed E-state index contributed by atoms with van der Waals surface area (Å²) >= 11 is 0. The van der Waals surface area contributed by atoms with Gasteiger partial charge in [-0.25, -0.2) is 13.6 Å². The highest BCUT2D eigenvalue weighted by Gasteiger charge is 2.49. The van der Waals surface area contributed by atoms with E-state index in [4.69, 9.17) is 10.5 Å². The van der Waals surface area contributed by atoms with Crippen molar-refractivity contribution in [2.45, 2.75) is 65.0 Å². The predicted octanol–water partition coefficient (Wildman–Crippen LogP) is 3.01. The molecule has 0 spiro atoms. The van der Waals surface area contributed by atoms with E-state index in [0.717, 1.165) is 4.90 Å². The molecule has 1 unspecified atom stereocenters. The molecule has 1 saturated heterocycles. The molecule has 1 heterocycles. The fourth-order valence-electron chi connectivity index (χ4n) is 2.42. The fraction of sp³-hybridized carbons (Fsp3) is 0.929. The van der Waals surface area contributed by atoms with Crippen molar-refractivity contribution in [2.75, 3.05) is 13.1 Å². The average Bonchev–Trinajstić information content (AvgIpc) is 2.25. The van der Waals surface area contributed by atoms with Gasteiger partial charge in [0.05, 0.1) is 12.6 Å². The Morgan fingerprint density at radius 1 is 1.40 bits per heavy atom. The van der Waals surface area contributed by atoms with Gasteiger partial charge in [0.25, 0.3) is 5.92 Å². The standard InChI is InChI=1S/C14H26F2N2O2/c1-12(2,3)20-11(19)18-9-13(4,5)7-6-10(18)14(15,16)8-17/h10H,6-9,17H2,1-5H3. The van der Waals surface area contributed by atoms with Gasteiger partial charge in [-0.3, -0.25) is 4.90 Å². The number of hydrogen-bond acceptors (Lipinski definition) is 3. The lowest BCUT2D eigenvalue weighted by molar-refractivity contribution is -0.104. The summed E-state index contributed by atoms with van der Waals surface area (Å²) in [5.41, 5.74) is 4.26. The third kappa shape index (κ3) is 4.30. The van der Waals surface area contributed by atoms with Crippen molar-refractivity contribution < 1.29 is 18.3 Å². The summed E-state index contributed by atoms with van der Waals surface area (Å²) in [5.74, 6) is -3.09. The smallest absolute Gasteiger partial charge is 0.410 e. The van der Waals surface area contributed by atoms with Crippen molar-refractivity contribution in [3.63, 3.8) is 0 Å². The first-order valence-corrected chi connectivity index (χ1v) is 6.95. The molecule has 2 N–H and O–H groups in total. The van der Waals surface area contributed by atoms with Gasteiger partial charge in [0.2, 0.25) is 0 Å². The average molecular weight is 292 g/mol. The highest BCUT2D eigenvalue weighted by atomic mass is 19.3. The molecule has 0 radical (unpaired) electrons. The summed E-state index contributed by atoms with van der Waals surface area (Å²) in [7, 11) is 0. The molecule has 1 amide bonds. The minimum Gasteiger partial charge on any atom is -0.444 e. The van der Waals surface area contributed by atoms with Crippen molar-refractivity contribution >= 4 is 6.09 Å². The molecule has 0 aromatic carbocycles. The quantitative estimate of drug-likeness (QED) is 0.851. The number of nitrogens with zero attached hydrogens (tertiary/aromatic N) is 1. The van der Waals surface area contributed by atoms with Crippen LogP contribution < -0.4 is 5.73 Å². The molecule has 1 atom stereocenters. The first kappa shape index (κ1) is 17.1. The first-order chi connectivity index (χ1) is 8.88. The van der Waals surface area contributed by atoms with Crippen LogP contribution in [0.1, 0.15) is 47.5 Å². The van der Waals surface area contributed by atoms with Crippen LogP contribution in [0.4, 0.5) is 13.6 Å². The Kier molecular flexibility index (Phi) is 4.69. The molecule has 20 heavy (non-hydrogen) atoms. The summed E-state index contributed by atoms with van der Waals surface area (Å²) in [6.07, 6.45) is 0.173. The van der Waals surface area contributed by atoms with Crippen LogP contribution in [0.3, 0.4) is 0 Å². The van der Waals surface area contributed by atoms with Crippen LogP contribution in [0.5, 0.6) is 0 Å². The lowest BCUT2D eigenvalue weighted by Gasteiger charge is -2.46. The normalized spacial score (nSPS) is 23.6. The molecule has 6 heteroatoms. The number of carbonyl (C=O) groups excluding carboxylic acids is 1. The van der Waals surface area contributed by atoms with Gasteiger partial charge < -0.3 is 10.5 Å². The van der Waals surface area contributed by atoms with Gasteiger partial charge in [-0.05, 0) is 39.0 Å². The molecule has 0 aromatic rings. The van der Waals surface area contributed by atoms with Crippen molar-refractivity contribution in [1.82, 2.24) is 4.90 Å². The van der Waals surface area contributed by atoms with E-state index in [9.17, 15) is 13.6 Å². The van der Waals surface area contributed by atoms with Crippen LogP contribution in [0.15, 0.2) is 0 Å². The molecule has 118 valence electrons. The van der Waals surface area contributed by atoms with Gasteiger partial charge in [-0.15, -0.1) is 0 Å². The van der Waals surface area contributed by atoms with E-state index in [1.165, 1.54) is 0 Å². The summed E-state index contributed by atoms with van der Waals surface area (Å²) in [4.78, 5) is 13.4. The second-order valence-electron chi connectivity index (χ2n) is 7.29. The number of nitrogens with two attached hydrogens (primary N) is 1. The van der Waals surface area contributed by atoms with Gasteiger partial charge in [0.1, 0.15) is 5.60 Å². The molecular formula is C14H26F2N2O2. The molecule has 4 nitrogen and oxygen atoms in total. The Bertz CT molecular complexity index is 365. The monoisotopic (exact) mass is 292 g/mol. The van der Waals surface area contributed by atoms with Crippen molar-refractivity contribution in [3.8, 4) is 0 Å². The van der Waals surface area contributed by atoms with Crippen LogP contribution in [-0.4, -0.2) is 41.6 Å². The van der Waals surface area contributed by atoms with Crippen molar-refractivity contribution in [3.05, 3.63) is 0 Å². The zero-order valence-electron chi connectivity index (χ0n) is 13.0. The van der Waals surface area contributed by atoms with Crippen LogP contribution in [-0.2, 0) is 4.74 Å². The fourth-order valence-corrected chi connectivity index (χ4v) is 2.42. The van der Waals surface area contributed by atoms with E-state index in [0.29, 0.717) is 6.42 Å². The van der Waals surface area contributed by atoms with Crippen molar-refractivity contribution in [2.24, 2.45) is 11.1 Å². The Morgan fingerprint density at radius 3 is 2.40 bits per heavy atom. The van der Waals surface area contributed by atoms with Gasteiger partial charge in [0.15, 0.2) is 0 Å². The Balaban J connectivity index is 2.97. The first-order valence-electron chi connectivity index (χ1n) is 6.95. The topological polar surface area (TPSA) is 55.6 Å². The molecule has 1 aliphatic heterocycles. The number of halogens is 2. The molecule has 1 rings (SSSR count). The Labute approximate surface area is 119 Å². The maximum atomic E-state index is 14.0. The molecule has 0 aromatic heterocycles. The number of rotatable bonds is 2. The van der Waals surface area contributed by atoms with E-state index in [1.54, 1.807) is 20.8 Å². The lowest BCUT2D eigenvalue weighted by atomic mass is 9.80. The van der Waals surface area contributed by atoms with E-state index in [-0.39, 0.29) is 18.4 Å². The van der Waals surface area contributed by atoms with E-state index >= 15 is 0 Å². The molecule has 0 bridgehead atoms. The Hall–Kier alpha value is -0.910. The highest BCUT2D eigenvalue weighted by molar-refractivity contribution is 5.69. The number of likely N-dealkylation sites (tertiary alicyclic amines) is 1. The molecular weight excluding hydrogens is 266 g/mol. The van der Waals surface area contributed by atoms with E-state index < -0.39 is 30.2 Å². The third-order valence-corrected chi connectivity index (χ3v) is 3.46. The van der Waals surface area contributed by atoms with Gasteiger partial charge in [-0.1, -0.05) is 13.8 Å². The number of hydrogen-bond donors (Lipinski definition) is 1. The van der Waals surface area contributed by atoms with Crippen LogP contribution in [0.2, 0.25) is 0 Å². The minimum absolute atomic E-state index is 0.196. The lowest BCUT2D eigenvalue weighted by Crippen LogP contribution is -2.59. The molecule has 0 aliphatic carbocycles. The summed E-state index contributed by atoms with van der Waals surface area (Å²) in [6, 6.07) is -1.18. The SMILES string of the molecule is CC1(C)CCC(C(F)(F)CN)N(C(=O)OC(C)(C)C)C1. The summed E-state index contributed by atoms with van der Waals surface area (Å²) in [5, 5.41) is 0. The third-order valence-electron chi connectivity index (χ3n) is 3.46. The molecule has 1 aliphatic rings.